The Morgan fingerprint density at radius 3 is 0.684 bits per heavy atom. The molecule has 4 rings (SSSR count). The van der Waals surface area contributed by atoms with Crippen LogP contribution in [0.25, 0.3) is 0 Å². The number of ether oxygens (including phenoxy) is 4. The quantitative estimate of drug-likeness (QED) is 0.0182. The van der Waals surface area contributed by atoms with E-state index in [2.05, 4.69) is 125 Å². The van der Waals surface area contributed by atoms with Gasteiger partial charge in [-0.1, -0.05) is 156 Å². The fourth-order valence-corrected chi connectivity index (χ4v) is 12.7. The molecular formula is C59H84F6I2O10S2. The maximum atomic E-state index is 12.3. The van der Waals surface area contributed by atoms with Gasteiger partial charge in [0.15, 0.2) is 34.5 Å². The molecule has 0 atom stereocenters. The van der Waals surface area contributed by atoms with Gasteiger partial charge in [0.2, 0.25) is 0 Å². The average molecular weight is 1390 g/mol. The van der Waals surface area contributed by atoms with Crippen molar-refractivity contribution < 1.29 is 114 Å². The number of benzene rings is 4. The van der Waals surface area contributed by atoms with Crippen molar-refractivity contribution in [3.05, 3.63) is 111 Å². The summed E-state index contributed by atoms with van der Waals surface area (Å²) in [4.78, 5) is 0. The summed E-state index contributed by atoms with van der Waals surface area (Å²) >= 11 is -0.320. The van der Waals surface area contributed by atoms with Crippen molar-refractivity contribution >= 4 is 20.2 Å². The molecule has 0 fully saturated rings. The van der Waals surface area contributed by atoms with E-state index in [0.717, 1.165) is 75.1 Å². The minimum Gasteiger partial charge on any atom is -0.743 e. The van der Waals surface area contributed by atoms with Gasteiger partial charge >= 0.3 is 58.8 Å². The Balaban J connectivity index is 0.000000424. The molecule has 0 aliphatic carbocycles. The van der Waals surface area contributed by atoms with Crippen LogP contribution in [0.3, 0.4) is 0 Å². The first-order valence-electron chi connectivity index (χ1n) is 27.9. The summed E-state index contributed by atoms with van der Waals surface area (Å²) in [5, 5.41) is -13.9. The smallest absolute Gasteiger partial charge is 0.403 e. The molecular weight excluding hydrogens is 1300 g/mol. The van der Waals surface area contributed by atoms with Gasteiger partial charge in [-0.2, -0.15) is 26.3 Å². The van der Waals surface area contributed by atoms with Crippen LogP contribution in [0.2, 0.25) is 0 Å². The normalized spacial score (nSPS) is 12.0. The second-order valence-electron chi connectivity index (χ2n) is 19.0. The van der Waals surface area contributed by atoms with Crippen LogP contribution in [0.4, 0.5) is 26.3 Å². The summed E-state index contributed by atoms with van der Waals surface area (Å²) in [7, 11) is -14.6. The van der Waals surface area contributed by atoms with Crippen molar-refractivity contribution in [3.8, 4) is 23.0 Å². The minimum atomic E-state index is -7.32. The largest absolute Gasteiger partial charge is 0.743 e. The van der Waals surface area contributed by atoms with Crippen LogP contribution in [-0.4, -0.2) is 68.8 Å². The molecule has 0 heterocycles. The molecule has 79 heavy (non-hydrogen) atoms. The van der Waals surface area contributed by atoms with Crippen molar-refractivity contribution in [1.29, 1.82) is 0 Å². The molecule has 0 saturated carbocycles. The molecule has 0 N–H and O–H groups in total. The fraction of sp³-hybridized carbons (Fsp3) is 0.593. The van der Waals surface area contributed by atoms with Crippen molar-refractivity contribution in [2.75, 3.05) is 26.4 Å². The average Bonchev–Trinajstić information content (AvgIpc) is 3.61. The standard InChI is InChI=1S/2C28H42IO2.C3H2F6O6S2/c2*1-3-5-7-9-11-13-23-30-27-19-15-25(16-20-27)29-26-17-21-28(22-18-26)31-24-14-12-10-8-6-4-2;4-1(5,2(6,7)16(10,11)12)3(8,9)17(13,14)15/h2*15-22H,3-14,23-24H2,1-2H3;(H,10,11,12)(H,13,14,15)/q2*+1;/p-2. The molecule has 0 aliphatic rings. The number of unbranched alkanes of at least 4 members (excludes halogenated alkanes) is 20. The summed E-state index contributed by atoms with van der Waals surface area (Å²) < 4.78 is 161. The maximum absolute atomic E-state index is 12.3. The molecule has 0 amide bonds. The van der Waals surface area contributed by atoms with Crippen molar-refractivity contribution in [2.24, 2.45) is 0 Å². The summed E-state index contributed by atoms with van der Waals surface area (Å²) in [5.41, 5.74) is 0. The van der Waals surface area contributed by atoms with Crippen molar-refractivity contribution in [3.63, 3.8) is 0 Å². The van der Waals surface area contributed by atoms with E-state index < -0.39 is 36.7 Å². The van der Waals surface area contributed by atoms with Crippen LogP contribution in [0, 0.1) is 14.3 Å². The molecule has 10 nitrogen and oxygen atoms in total. The number of hydrogen-bond acceptors (Lipinski definition) is 10. The maximum Gasteiger partial charge on any atom is 0.403 e. The van der Waals surface area contributed by atoms with Gasteiger partial charge in [-0.15, -0.1) is 0 Å². The van der Waals surface area contributed by atoms with E-state index >= 15 is 0 Å². The van der Waals surface area contributed by atoms with Crippen LogP contribution in [0.5, 0.6) is 23.0 Å². The van der Waals surface area contributed by atoms with Gasteiger partial charge in [0, 0.05) is 0 Å². The SMILES string of the molecule is CCCCCCCCOc1ccc([I+]c2ccc(OCCCCCCCC)cc2)cc1.CCCCCCCCOc1ccc([I+]c2ccc(OCCCCCCCC)cc2)cc1.O=S(=O)([O-])C(F)(F)C(F)(F)C(F)(F)S(=O)(=O)[O-]. The Kier molecular flexibility index (Phi) is 36.7. The van der Waals surface area contributed by atoms with Gasteiger partial charge in [0.05, 0.1) is 26.4 Å². The second kappa shape index (κ2) is 40.2. The van der Waals surface area contributed by atoms with Crippen molar-refractivity contribution in [1.82, 2.24) is 0 Å². The highest BCUT2D eigenvalue weighted by atomic mass is 127. The zero-order chi connectivity index (χ0) is 58.5. The van der Waals surface area contributed by atoms with Gasteiger partial charge < -0.3 is 28.1 Å². The number of alkyl halides is 6. The first kappa shape index (κ1) is 72.0. The molecule has 0 unspecified atom stereocenters. The fourth-order valence-electron chi connectivity index (χ4n) is 7.40. The lowest BCUT2D eigenvalue weighted by atomic mass is 10.1. The Labute approximate surface area is 489 Å². The lowest BCUT2D eigenvalue weighted by molar-refractivity contribution is -0.597. The first-order valence-corrected chi connectivity index (χ1v) is 35.0. The van der Waals surface area contributed by atoms with E-state index in [1.54, 1.807) is 0 Å². The predicted octanol–water partition coefficient (Wildman–Crippen LogP) is 10.5. The summed E-state index contributed by atoms with van der Waals surface area (Å²) in [5.74, 6) is -3.21. The molecule has 0 radical (unpaired) electrons. The van der Waals surface area contributed by atoms with Crippen LogP contribution in [0.15, 0.2) is 97.1 Å². The second-order valence-corrected chi connectivity index (χ2v) is 27.9. The van der Waals surface area contributed by atoms with Crippen LogP contribution in [0.1, 0.15) is 182 Å². The molecule has 0 spiro atoms. The monoisotopic (exact) mass is 1380 g/mol. The van der Waals surface area contributed by atoms with Gasteiger partial charge in [-0.05, 0) is 123 Å². The molecule has 4 aromatic carbocycles. The summed E-state index contributed by atoms with van der Waals surface area (Å²) in [6, 6.07) is 34.9. The van der Waals surface area contributed by atoms with Crippen LogP contribution < -0.4 is 61.4 Å². The molecule has 0 saturated heterocycles. The lowest BCUT2D eigenvalue weighted by Gasteiger charge is -2.34. The van der Waals surface area contributed by atoms with E-state index in [1.807, 2.05) is 0 Å². The van der Waals surface area contributed by atoms with Gasteiger partial charge in [0.1, 0.15) is 23.0 Å². The van der Waals surface area contributed by atoms with Crippen LogP contribution in [-0.2, 0) is 20.2 Å². The third kappa shape index (κ3) is 29.2. The highest BCUT2D eigenvalue weighted by Crippen LogP contribution is 2.50. The van der Waals surface area contributed by atoms with E-state index in [9.17, 15) is 52.3 Å². The summed E-state index contributed by atoms with van der Waals surface area (Å²) in [6.45, 7) is 12.4. The minimum absolute atomic E-state index is 0.160. The third-order valence-corrected chi connectivity index (χ3v) is 19.3. The highest BCUT2D eigenvalue weighted by molar-refractivity contribution is 7.88. The lowest BCUT2D eigenvalue weighted by Crippen LogP contribution is -3.61. The number of rotatable bonds is 40. The molecule has 448 valence electrons. The third-order valence-electron chi connectivity index (χ3n) is 12.1. The summed E-state index contributed by atoms with van der Waals surface area (Å²) in [6.07, 6.45) is 31.2. The van der Waals surface area contributed by atoms with E-state index in [4.69, 9.17) is 18.9 Å². The number of halogens is 8. The zero-order valence-corrected chi connectivity index (χ0v) is 52.4. The molecule has 4 aromatic rings. The highest BCUT2D eigenvalue weighted by Gasteiger charge is 2.78. The Morgan fingerprint density at radius 1 is 0.329 bits per heavy atom. The first-order chi connectivity index (χ1) is 37.6. The van der Waals surface area contributed by atoms with Crippen molar-refractivity contribution in [2.45, 2.75) is 198 Å². The molecule has 0 bridgehead atoms. The topological polar surface area (TPSA) is 151 Å². The molecule has 20 heteroatoms. The van der Waals surface area contributed by atoms with E-state index in [1.165, 1.54) is 143 Å². The predicted molar refractivity (Wildman–Crippen MR) is 290 cm³/mol. The molecule has 0 aliphatic heterocycles. The Hall–Kier alpha value is -3.06. The Bertz CT molecular complexity index is 2120. The Morgan fingerprint density at radius 2 is 0.506 bits per heavy atom. The van der Waals surface area contributed by atoms with Gasteiger partial charge in [-0.25, -0.2) is 16.8 Å². The van der Waals surface area contributed by atoms with E-state index in [0.29, 0.717) is 0 Å². The van der Waals surface area contributed by atoms with Crippen LogP contribution >= 0.6 is 0 Å². The molecule has 0 aromatic heterocycles. The zero-order valence-electron chi connectivity index (χ0n) is 46.5. The number of hydrogen-bond donors (Lipinski definition) is 0. The van der Waals surface area contributed by atoms with E-state index in [-0.39, 0.29) is 42.4 Å². The van der Waals surface area contributed by atoms with Gasteiger partial charge in [-0.3, -0.25) is 0 Å². The van der Waals surface area contributed by atoms with Gasteiger partial charge in [0.25, 0.3) is 0 Å².